The number of nitrogens with one attached hydrogen (secondary N) is 1. The Labute approximate surface area is 82.4 Å². The molecule has 0 bridgehead atoms. The molecular weight excluding hydrogens is 188 g/mol. The van der Waals surface area contributed by atoms with Crippen molar-refractivity contribution in [3.05, 3.63) is 0 Å². The summed E-state index contributed by atoms with van der Waals surface area (Å²) in [6, 6.07) is -1.76. The van der Waals surface area contributed by atoms with Crippen molar-refractivity contribution in [1.29, 1.82) is 0 Å². The number of nitrogens with two attached hydrogens (primary N) is 1. The third-order valence-corrected chi connectivity index (χ3v) is 1.49. The molecule has 0 rings (SSSR count). The lowest BCUT2D eigenvalue weighted by molar-refractivity contribution is -0.148. The Morgan fingerprint density at radius 3 is 2.57 bits per heavy atom. The Hall–Kier alpha value is -1.14. The van der Waals surface area contributed by atoms with Crippen LogP contribution in [0.2, 0.25) is 0 Å². The summed E-state index contributed by atoms with van der Waals surface area (Å²) in [6.07, 6.45) is 0. The summed E-state index contributed by atoms with van der Waals surface area (Å²) in [5.74, 6) is -1.42. The van der Waals surface area contributed by atoms with Gasteiger partial charge in [0.05, 0.1) is 13.2 Å². The molecule has 0 radical (unpaired) electrons. The van der Waals surface area contributed by atoms with Crippen LogP contribution < -0.4 is 11.1 Å². The van der Waals surface area contributed by atoms with Gasteiger partial charge < -0.3 is 20.9 Å². The number of hydrogen-bond donors (Lipinski definition) is 3. The predicted molar refractivity (Wildman–Crippen MR) is 49.3 cm³/mol. The molecule has 0 fully saturated rings. The number of carbonyl (C=O) groups excluding carboxylic acids is 2. The summed E-state index contributed by atoms with van der Waals surface area (Å²) < 4.78 is 4.55. The van der Waals surface area contributed by atoms with E-state index in [0.717, 1.165) is 0 Å². The molecule has 14 heavy (non-hydrogen) atoms. The summed E-state index contributed by atoms with van der Waals surface area (Å²) in [6.45, 7) is 3.19. The van der Waals surface area contributed by atoms with Gasteiger partial charge in [0.15, 0.2) is 6.04 Å². The maximum absolute atomic E-state index is 11.2. The van der Waals surface area contributed by atoms with Gasteiger partial charge >= 0.3 is 5.97 Å². The highest BCUT2D eigenvalue weighted by atomic mass is 16.5. The number of hydrogen-bond acceptors (Lipinski definition) is 5. The van der Waals surface area contributed by atoms with Gasteiger partial charge in [-0.3, -0.25) is 4.79 Å². The topological polar surface area (TPSA) is 102 Å². The summed E-state index contributed by atoms with van der Waals surface area (Å²) in [7, 11) is 0. The fraction of sp³-hybridized carbons (Fsp3) is 0.750. The van der Waals surface area contributed by atoms with Crippen LogP contribution in [-0.2, 0) is 14.3 Å². The molecule has 0 spiro atoms. The van der Waals surface area contributed by atoms with Gasteiger partial charge in [-0.2, -0.15) is 0 Å². The smallest absolute Gasteiger partial charge is 0.332 e. The fourth-order valence-electron chi connectivity index (χ4n) is 0.717. The minimum atomic E-state index is -1.33. The third kappa shape index (κ3) is 4.20. The molecule has 2 atom stereocenters. The Morgan fingerprint density at radius 2 is 2.14 bits per heavy atom. The largest absolute Gasteiger partial charge is 0.464 e. The van der Waals surface area contributed by atoms with Crippen LogP contribution in [0.15, 0.2) is 0 Å². The molecule has 1 unspecified atom stereocenters. The average molecular weight is 204 g/mol. The van der Waals surface area contributed by atoms with E-state index in [1.165, 1.54) is 0 Å². The first-order valence-corrected chi connectivity index (χ1v) is 4.36. The first kappa shape index (κ1) is 12.9. The Kier molecular flexibility index (Phi) is 5.82. The van der Waals surface area contributed by atoms with Crippen LogP contribution in [0, 0.1) is 0 Å². The number of aliphatic hydroxyl groups excluding tert-OH is 1. The quantitative estimate of drug-likeness (QED) is 0.369. The molecule has 6 heteroatoms. The van der Waals surface area contributed by atoms with E-state index in [1.807, 2.05) is 0 Å². The lowest BCUT2D eigenvalue weighted by Gasteiger charge is -2.14. The van der Waals surface area contributed by atoms with Gasteiger partial charge in [-0.1, -0.05) is 0 Å². The molecule has 0 heterocycles. The molecule has 0 saturated heterocycles. The van der Waals surface area contributed by atoms with Gasteiger partial charge in [0.2, 0.25) is 5.91 Å². The second-order valence-electron chi connectivity index (χ2n) is 2.82. The summed E-state index contributed by atoms with van der Waals surface area (Å²) in [5, 5.41) is 11.0. The highest BCUT2D eigenvalue weighted by Crippen LogP contribution is 1.88. The van der Waals surface area contributed by atoms with Crippen LogP contribution in [-0.4, -0.2) is 42.3 Å². The van der Waals surface area contributed by atoms with Gasteiger partial charge in [-0.15, -0.1) is 0 Å². The van der Waals surface area contributed by atoms with Crippen molar-refractivity contribution in [2.24, 2.45) is 5.73 Å². The standard InChI is InChI=1S/C8H16N2O4/c1-3-14-8(13)6(9)7(12)10-5(2)4-11/h5-6,11H,3-4,9H2,1-2H3,(H,10,12)/t5-,6?/m0/s1. The monoisotopic (exact) mass is 204 g/mol. The van der Waals surface area contributed by atoms with E-state index in [4.69, 9.17) is 10.8 Å². The zero-order valence-electron chi connectivity index (χ0n) is 8.32. The van der Waals surface area contributed by atoms with Crippen LogP contribution >= 0.6 is 0 Å². The summed E-state index contributed by atoms with van der Waals surface area (Å²) >= 11 is 0. The maximum atomic E-state index is 11.2. The van der Waals surface area contributed by atoms with Crippen LogP contribution in [0.4, 0.5) is 0 Å². The first-order chi connectivity index (χ1) is 6.52. The molecule has 1 amide bonds. The SMILES string of the molecule is CCOC(=O)C(N)C(=O)N[C@@H](C)CO. The second-order valence-corrected chi connectivity index (χ2v) is 2.82. The molecule has 0 saturated carbocycles. The molecule has 4 N–H and O–H groups in total. The molecular formula is C8H16N2O4. The number of rotatable bonds is 5. The van der Waals surface area contributed by atoms with E-state index >= 15 is 0 Å². The number of carbonyl (C=O) groups is 2. The molecule has 6 nitrogen and oxygen atoms in total. The number of esters is 1. The van der Waals surface area contributed by atoms with Gasteiger partial charge in [0.25, 0.3) is 0 Å². The summed E-state index contributed by atoms with van der Waals surface area (Å²) in [5.41, 5.74) is 5.28. The highest BCUT2D eigenvalue weighted by Gasteiger charge is 2.23. The van der Waals surface area contributed by atoms with Crippen LogP contribution in [0.1, 0.15) is 13.8 Å². The van der Waals surface area contributed by atoms with E-state index in [-0.39, 0.29) is 13.2 Å². The van der Waals surface area contributed by atoms with Crippen molar-refractivity contribution in [1.82, 2.24) is 5.32 Å². The van der Waals surface area contributed by atoms with Crippen LogP contribution in [0.5, 0.6) is 0 Å². The Bertz CT molecular complexity index is 208. The highest BCUT2D eigenvalue weighted by molar-refractivity contribution is 6.01. The van der Waals surface area contributed by atoms with Crippen molar-refractivity contribution >= 4 is 11.9 Å². The lowest BCUT2D eigenvalue weighted by atomic mass is 10.2. The van der Waals surface area contributed by atoms with E-state index < -0.39 is 24.0 Å². The van der Waals surface area contributed by atoms with Crippen molar-refractivity contribution in [3.63, 3.8) is 0 Å². The molecule has 0 aliphatic carbocycles. The minimum Gasteiger partial charge on any atom is -0.464 e. The van der Waals surface area contributed by atoms with Crippen molar-refractivity contribution < 1.29 is 19.4 Å². The lowest BCUT2D eigenvalue weighted by Crippen LogP contribution is -2.50. The predicted octanol–water partition coefficient (Wildman–Crippen LogP) is -1.63. The summed E-state index contributed by atoms with van der Waals surface area (Å²) in [4.78, 5) is 22.2. The molecule has 0 aliphatic heterocycles. The van der Waals surface area contributed by atoms with Crippen molar-refractivity contribution in [2.75, 3.05) is 13.2 Å². The van der Waals surface area contributed by atoms with Gasteiger partial charge in [0.1, 0.15) is 0 Å². The molecule has 0 aliphatic rings. The Morgan fingerprint density at radius 1 is 1.57 bits per heavy atom. The van der Waals surface area contributed by atoms with Crippen LogP contribution in [0.25, 0.3) is 0 Å². The Balaban J connectivity index is 4.04. The van der Waals surface area contributed by atoms with E-state index in [0.29, 0.717) is 0 Å². The van der Waals surface area contributed by atoms with Crippen molar-refractivity contribution in [3.8, 4) is 0 Å². The second kappa shape index (κ2) is 6.33. The van der Waals surface area contributed by atoms with E-state index in [1.54, 1.807) is 13.8 Å². The third-order valence-electron chi connectivity index (χ3n) is 1.49. The number of aliphatic hydroxyl groups is 1. The molecule has 0 aromatic carbocycles. The zero-order valence-corrected chi connectivity index (χ0v) is 8.32. The normalized spacial score (nSPS) is 14.3. The fourth-order valence-corrected chi connectivity index (χ4v) is 0.717. The van der Waals surface area contributed by atoms with E-state index in [2.05, 4.69) is 10.1 Å². The maximum Gasteiger partial charge on any atom is 0.332 e. The van der Waals surface area contributed by atoms with Gasteiger partial charge in [-0.05, 0) is 13.8 Å². The minimum absolute atomic E-state index is 0.176. The van der Waals surface area contributed by atoms with Crippen molar-refractivity contribution in [2.45, 2.75) is 25.9 Å². The number of amides is 1. The molecule has 0 aromatic rings. The number of ether oxygens (including phenoxy) is 1. The molecule has 0 aromatic heterocycles. The average Bonchev–Trinajstić information content (AvgIpc) is 2.16. The van der Waals surface area contributed by atoms with Gasteiger partial charge in [-0.25, -0.2) is 4.79 Å². The zero-order chi connectivity index (χ0) is 11.1. The van der Waals surface area contributed by atoms with Gasteiger partial charge in [0, 0.05) is 6.04 Å². The van der Waals surface area contributed by atoms with E-state index in [9.17, 15) is 9.59 Å². The first-order valence-electron chi connectivity index (χ1n) is 4.36. The molecule has 82 valence electrons. The van der Waals surface area contributed by atoms with Crippen LogP contribution in [0.3, 0.4) is 0 Å².